The molecule has 0 saturated carbocycles. The molecule has 1 atom stereocenters. The van der Waals surface area contributed by atoms with E-state index in [4.69, 9.17) is 0 Å². The van der Waals surface area contributed by atoms with Crippen LogP contribution in [0.3, 0.4) is 0 Å². The van der Waals surface area contributed by atoms with Gasteiger partial charge in [0.2, 0.25) is 0 Å². The van der Waals surface area contributed by atoms with Gasteiger partial charge in [0.05, 0.1) is 0 Å². The van der Waals surface area contributed by atoms with E-state index in [1.54, 1.807) is 0 Å². The van der Waals surface area contributed by atoms with Crippen molar-refractivity contribution < 1.29 is 0 Å². The molecule has 2 rings (SSSR count). The van der Waals surface area contributed by atoms with Gasteiger partial charge in [-0.2, -0.15) is 23.5 Å². The van der Waals surface area contributed by atoms with Crippen LogP contribution in [0.25, 0.3) is 0 Å². The van der Waals surface area contributed by atoms with Crippen LogP contribution in [0.5, 0.6) is 0 Å². The van der Waals surface area contributed by atoms with Crippen molar-refractivity contribution in [3.63, 3.8) is 0 Å². The molecule has 0 N–H and O–H groups in total. The van der Waals surface area contributed by atoms with Crippen molar-refractivity contribution in [2.45, 2.75) is 30.6 Å². The van der Waals surface area contributed by atoms with Gasteiger partial charge in [0.1, 0.15) is 0 Å². The van der Waals surface area contributed by atoms with E-state index in [1.165, 1.54) is 23.4 Å². The van der Waals surface area contributed by atoms with Gasteiger partial charge in [-0.1, -0.05) is 74.5 Å². The fourth-order valence-corrected chi connectivity index (χ4v) is 5.12. The minimum Gasteiger partial charge on any atom is -0.303 e. The summed E-state index contributed by atoms with van der Waals surface area (Å²) in [6.45, 7) is 8.00. The standard InChI is InChI=1S/C21H29NS2/c1-3-22(4-2)15-21(24-17-20-13-9-6-10-14-20)18-23-16-19-11-7-5-8-12-19/h5-14,21H,3-4,15-18H2,1-2H3. The Morgan fingerprint density at radius 1 is 0.792 bits per heavy atom. The second-order valence-corrected chi connectivity index (χ2v) is 8.22. The van der Waals surface area contributed by atoms with E-state index in [1.807, 2.05) is 0 Å². The lowest BCUT2D eigenvalue weighted by Crippen LogP contribution is -2.32. The average Bonchev–Trinajstić information content (AvgIpc) is 2.65. The third-order valence-electron chi connectivity index (χ3n) is 4.10. The van der Waals surface area contributed by atoms with Crippen LogP contribution < -0.4 is 0 Å². The number of benzene rings is 2. The monoisotopic (exact) mass is 359 g/mol. The minimum absolute atomic E-state index is 0.679. The first-order chi connectivity index (χ1) is 11.8. The Balaban J connectivity index is 1.84. The summed E-state index contributed by atoms with van der Waals surface area (Å²) >= 11 is 4.17. The Morgan fingerprint density at radius 2 is 1.33 bits per heavy atom. The summed E-state index contributed by atoms with van der Waals surface area (Å²) < 4.78 is 0. The Morgan fingerprint density at radius 3 is 1.88 bits per heavy atom. The maximum Gasteiger partial charge on any atom is 0.0268 e. The van der Waals surface area contributed by atoms with Crippen LogP contribution in [0.4, 0.5) is 0 Å². The van der Waals surface area contributed by atoms with Crippen LogP contribution in [-0.2, 0) is 11.5 Å². The van der Waals surface area contributed by atoms with E-state index in [-0.39, 0.29) is 0 Å². The maximum absolute atomic E-state index is 2.55. The molecule has 0 bridgehead atoms. The van der Waals surface area contributed by atoms with Crippen LogP contribution in [0.2, 0.25) is 0 Å². The lowest BCUT2D eigenvalue weighted by molar-refractivity contribution is 0.309. The molecule has 0 aliphatic heterocycles. The molecule has 0 aliphatic rings. The lowest BCUT2D eigenvalue weighted by atomic mass is 10.2. The molecule has 2 aromatic rings. The van der Waals surface area contributed by atoms with Gasteiger partial charge < -0.3 is 4.90 Å². The molecule has 1 nitrogen and oxygen atoms in total. The molecule has 0 saturated heterocycles. The van der Waals surface area contributed by atoms with E-state index in [2.05, 4.69) is 103 Å². The second kappa shape index (κ2) is 11.6. The molecule has 0 fully saturated rings. The topological polar surface area (TPSA) is 3.24 Å². The first-order valence-corrected chi connectivity index (χ1v) is 11.0. The summed E-state index contributed by atoms with van der Waals surface area (Å²) in [6.07, 6.45) is 0. The lowest BCUT2D eigenvalue weighted by Gasteiger charge is -2.25. The summed E-state index contributed by atoms with van der Waals surface area (Å²) in [5.41, 5.74) is 2.86. The molecule has 1 unspecified atom stereocenters. The van der Waals surface area contributed by atoms with Gasteiger partial charge in [-0.25, -0.2) is 0 Å². The third-order valence-corrected chi connectivity index (χ3v) is 6.77. The van der Waals surface area contributed by atoms with Gasteiger partial charge in [0.15, 0.2) is 0 Å². The van der Waals surface area contributed by atoms with Crippen molar-refractivity contribution in [1.82, 2.24) is 4.90 Å². The average molecular weight is 360 g/mol. The number of hydrogen-bond acceptors (Lipinski definition) is 3. The van der Waals surface area contributed by atoms with E-state index < -0.39 is 0 Å². The van der Waals surface area contributed by atoms with Gasteiger partial charge in [-0.15, -0.1) is 0 Å². The highest BCUT2D eigenvalue weighted by molar-refractivity contribution is 8.02. The van der Waals surface area contributed by atoms with Crippen LogP contribution >= 0.6 is 23.5 Å². The SMILES string of the molecule is CCN(CC)CC(CSCc1ccccc1)SCc1ccccc1. The molecular weight excluding hydrogens is 330 g/mol. The third kappa shape index (κ3) is 7.33. The number of hydrogen-bond donors (Lipinski definition) is 0. The van der Waals surface area contributed by atoms with Crippen molar-refractivity contribution in [3.8, 4) is 0 Å². The highest BCUT2D eigenvalue weighted by Gasteiger charge is 2.13. The Labute approximate surface area is 156 Å². The first kappa shape index (κ1) is 19.4. The van der Waals surface area contributed by atoms with Gasteiger partial charge >= 0.3 is 0 Å². The van der Waals surface area contributed by atoms with Gasteiger partial charge in [0, 0.05) is 29.1 Å². The largest absolute Gasteiger partial charge is 0.303 e. The molecule has 130 valence electrons. The zero-order valence-electron chi connectivity index (χ0n) is 14.9. The van der Waals surface area contributed by atoms with Crippen LogP contribution in [0.1, 0.15) is 25.0 Å². The van der Waals surface area contributed by atoms with E-state index in [0.717, 1.165) is 24.6 Å². The quantitative estimate of drug-likeness (QED) is 0.517. The fraction of sp³-hybridized carbons (Fsp3) is 0.429. The first-order valence-electron chi connectivity index (χ1n) is 8.81. The Hall–Kier alpha value is -0.900. The highest BCUT2D eigenvalue weighted by atomic mass is 32.2. The predicted octanol–water partition coefficient (Wildman–Crippen LogP) is 5.56. The highest BCUT2D eigenvalue weighted by Crippen LogP contribution is 2.24. The summed E-state index contributed by atoms with van der Waals surface area (Å²) in [6, 6.07) is 21.6. The van der Waals surface area contributed by atoms with Crippen molar-refractivity contribution in [2.75, 3.05) is 25.4 Å². The molecule has 0 radical (unpaired) electrons. The predicted molar refractivity (Wildman–Crippen MR) is 112 cm³/mol. The Kier molecular flexibility index (Phi) is 9.40. The molecular formula is C21H29NS2. The smallest absolute Gasteiger partial charge is 0.0268 e. The van der Waals surface area contributed by atoms with Gasteiger partial charge in [-0.05, 0) is 24.2 Å². The van der Waals surface area contributed by atoms with E-state index >= 15 is 0 Å². The van der Waals surface area contributed by atoms with Crippen molar-refractivity contribution in [2.24, 2.45) is 0 Å². The minimum atomic E-state index is 0.679. The van der Waals surface area contributed by atoms with E-state index in [0.29, 0.717) is 5.25 Å². The van der Waals surface area contributed by atoms with Gasteiger partial charge in [-0.3, -0.25) is 0 Å². The van der Waals surface area contributed by atoms with Crippen LogP contribution in [0.15, 0.2) is 60.7 Å². The molecule has 24 heavy (non-hydrogen) atoms. The van der Waals surface area contributed by atoms with Crippen molar-refractivity contribution in [3.05, 3.63) is 71.8 Å². The maximum atomic E-state index is 2.55. The summed E-state index contributed by atoms with van der Waals surface area (Å²) in [5.74, 6) is 3.43. The molecule has 3 heteroatoms. The van der Waals surface area contributed by atoms with Crippen LogP contribution in [0, 0.1) is 0 Å². The summed E-state index contributed by atoms with van der Waals surface area (Å²) in [7, 11) is 0. The zero-order chi connectivity index (χ0) is 17.0. The number of nitrogens with zero attached hydrogens (tertiary/aromatic N) is 1. The number of rotatable bonds is 11. The van der Waals surface area contributed by atoms with Crippen LogP contribution in [-0.4, -0.2) is 35.5 Å². The molecule has 0 heterocycles. The van der Waals surface area contributed by atoms with Gasteiger partial charge in [0.25, 0.3) is 0 Å². The molecule has 0 aromatic heterocycles. The normalized spacial score (nSPS) is 12.5. The zero-order valence-corrected chi connectivity index (χ0v) is 16.5. The fourth-order valence-electron chi connectivity index (χ4n) is 2.59. The van der Waals surface area contributed by atoms with Crippen molar-refractivity contribution >= 4 is 23.5 Å². The van der Waals surface area contributed by atoms with E-state index in [9.17, 15) is 0 Å². The second-order valence-electron chi connectivity index (χ2n) is 5.91. The number of thioether (sulfide) groups is 2. The molecule has 2 aromatic carbocycles. The summed E-state index contributed by atoms with van der Waals surface area (Å²) in [5, 5.41) is 0.679. The molecule has 0 spiro atoms. The molecule has 0 amide bonds. The Bertz CT molecular complexity index is 540. The summed E-state index contributed by atoms with van der Waals surface area (Å²) in [4.78, 5) is 2.55. The van der Waals surface area contributed by atoms with Crippen molar-refractivity contribution in [1.29, 1.82) is 0 Å². The molecule has 0 aliphatic carbocycles.